The Kier molecular flexibility index (Phi) is 14.6. The lowest BCUT2D eigenvalue weighted by Gasteiger charge is -2.42. The van der Waals surface area contributed by atoms with E-state index in [4.69, 9.17) is 9.47 Å². The van der Waals surface area contributed by atoms with Gasteiger partial charge in [-0.15, -0.1) is 0 Å². The average molecular weight is 679 g/mol. The molecule has 0 bridgehead atoms. The van der Waals surface area contributed by atoms with Crippen LogP contribution in [-0.4, -0.2) is 70.7 Å². The topological polar surface area (TPSA) is 65.4 Å². The van der Waals surface area contributed by atoms with Crippen LogP contribution in [-0.2, 0) is 35.7 Å². The molecule has 0 saturated heterocycles. The van der Waals surface area contributed by atoms with Crippen LogP contribution in [0.15, 0.2) is 121 Å². The van der Waals surface area contributed by atoms with Crippen molar-refractivity contribution in [3.63, 3.8) is 0 Å². The molecule has 0 aromatic heterocycles. The third kappa shape index (κ3) is 11.3. The van der Waals surface area contributed by atoms with Crippen LogP contribution < -0.4 is 0 Å². The molecule has 0 heterocycles. The molecule has 2 aliphatic carbocycles. The number of methoxy groups -OCH3 is 2. The van der Waals surface area contributed by atoms with E-state index in [1.807, 2.05) is 0 Å². The minimum absolute atomic E-state index is 0.119. The van der Waals surface area contributed by atoms with Crippen molar-refractivity contribution in [2.75, 3.05) is 27.4 Å². The molecule has 50 heavy (non-hydrogen) atoms. The van der Waals surface area contributed by atoms with Gasteiger partial charge in [0.2, 0.25) is 0 Å². The summed E-state index contributed by atoms with van der Waals surface area (Å²) >= 11 is 0. The Labute approximate surface area is 300 Å². The number of benzene rings is 4. The Bertz CT molecular complexity index is 1380. The van der Waals surface area contributed by atoms with E-state index in [1.54, 1.807) is 14.2 Å². The van der Waals surface area contributed by atoms with Gasteiger partial charge in [0.05, 0.1) is 24.4 Å². The van der Waals surface area contributed by atoms with Crippen LogP contribution in [0.2, 0.25) is 0 Å². The third-order valence-corrected chi connectivity index (χ3v) is 10.8. The van der Waals surface area contributed by atoms with Gasteiger partial charge >= 0.3 is 0 Å². The number of aliphatic hydroxyl groups is 2. The molecule has 2 fully saturated rings. The highest BCUT2D eigenvalue weighted by Gasteiger charge is 2.37. The number of rotatable bonds is 14. The maximum Gasteiger partial charge on any atom is 0.0909 e. The second-order valence-electron chi connectivity index (χ2n) is 14.4. The minimum Gasteiger partial charge on any atom is -0.393 e. The molecule has 6 heteroatoms. The summed E-state index contributed by atoms with van der Waals surface area (Å²) in [5, 5.41) is 20.3. The van der Waals surface area contributed by atoms with E-state index in [9.17, 15) is 10.2 Å². The molecule has 2 aliphatic rings. The van der Waals surface area contributed by atoms with Crippen molar-refractivity contribution in [2.45, 2.75) is 101 Å². The van der Waals surface area contributed by atoms with Crippen molar-refractivity contribution in [1.82, 2.24) is 9.80 Å². The molecule has 268 valence electrons. The zero-order valence-electron chi connectivity index (χ0n) is 30.2. The molecule has 0 spiro atoms. The van der Waals surface area contributed by atoms with Crippen molar-refractivity contribution < 1.29 is 19.7 Å². The Hall–Kier alpha value is -3.36. The summed E-state index contributed by atoms with van der Waals surface area (Å²) in [6.45, 7) is 4.37. The van der Waals surface area contributed by atoms with Gasteiger partial charge in [0.15, 0.2) is 0 Å². The molecule has 0 atom stereocenters. The molecule has 4 aromatic carbocycles. The fourth-order valence-corrected chi connectivity index (χ4v) is 7.74. The van der Waals surface area contributed by atoms with Gasteiger partial charge in [-0.25, -0.2) is 0 Å². The largest absolute Gasteiger partial charge is 0.393 e. The van der Waals surface area contributed by atoms with Gasteiger partial charge in [0.25, 0.3) is 0 Å². The lowest BCUT2D eigenvalue weighted by atomic mass is 9.81. The second kappa shape index (κ2) is 19.3. The van der Waals surface area contributed by atoms with Gasteiger partial charge in [-0.2, -0.15) is 0 Å². The van der Waals surface area contributed by atoms with Gasteiger partial charge in [-0.3, -0.25) is 9.80 Å². The van der Waals surface area contributed by atoms with E-state index in [0.29, 0.717) is 18.7 Å². The summed E-state index contributed by atoms with van der Waals surface area (Å²) in [6.07, 6.45) is 7.62. The van der Waals surface area contributed by atoms with E-state index in [-0.39, 0.29) is 12.2 Å². The Balaban J connectivity index is 0.000000194. The maximum absolute atomic E-state index is 10.6. The van der Waals surface area contributed by atoms with E-state index in [0.717, 1.165) is 77.5 Å². The highest BCUT2D eigenvalue weighted by atomic mass is 16.5. The first-order valence-electron chi connectivity index (χ1n) is 18.4. The fraction of sp³-hybridized carbons (Fsp3) is 0.455. The second-order valence-corrected chi connectivity index (χ2v) is 14.4. The monoisotopic (exact) mass is 678 g/mol. The quantitative estimate of drug-likeness (QED) is 0.141. The van der Waals surface area contributed by atoms with Crippen LogP contribution in [0, 0.1) is 0 Å². The lowest BCUT2D eigenvalue weighted by Crippen LogP contribution is -2.46. The third-order valence-electron chi connectivity index (χ3n) is 10.8. The van der Waals surface area contributed by atoms with Crippen molar-refractivity contribution >= 4 is 0 Å². The molecular weight excluding hydrogens is 620 g/mol. The van der Waals surface area contributed by atoms with Gasteiger partial charge in [-0.1, -0.05) is 121 Å². The molecule has 0 amide bonds. The molecular formula is C44H58N2O4. The smallest absolute Gasteiger partial charge is 0.0909 e. The predicted molar refractivity (Wildman–Crippen MR) is 202 cm³/mol. The number of nitrogens with zero attached hydrogens (tertiary/aromatic N) is 2. The van der Waals surface area contributed by atoms with E-state index in [2.05, 4.69) is 131 Å². The van der Waals surface area contributed by atoms with Crippen LogP contribution in [0.5, 0.6) is 0 Å². The summed E-state index contributed by atoms with van der Waals surface area (Å²) in [6, 6.07) is 43.7. The van der Waals surface area contributed by atoms with Crippen molar-refractivity contribution in [1.29, 1.82) is 0 Å². The van der Waals surface area contributed by atoms with Crippen LogP contribution in [0.1, 0.15) is 73.6 Å². The first-order valence-corrected chi connectivity index (χ1v) is 18.4. The molecule has 6 nitrogen and oxygen atoms in total. The molecule has 0 unspecified atom stereocenters. The summed E-state index contributed by atoms with van der Waals surface area (Å²) in [7, 11) is 3.39. The number of aliphatic hydroxyl groups excluding tert-OH is 1. The first kappa shape index (κ1) is 37.9. The van der Waals surface area contributed by atoms with E-state index < -0.39 is 5.60 Å². The zero-order chi connectivity index (χ0) is 35.1. The van der Waals surface area contributed by atoms with Crippen LogP contribution in [0.3, 0.4) is 0 Å². The molecule has 2 saturated carbocycles. The normalized spacial score (nSPS) is 23.7. The highest BCUT2D eigenvalue weighted by Crippen LogP contribution is 2.35. The fourth-order valence-electron chi connectivity index (χ4n) is 7.74. The van der Waals surface area contributed by atoms with Crippen molar-refractivity contribution in [3.8, 4) is 0 Å². The van der Waals surface area contributed by atoms with Gasteiger partial charge in [0.1, 0.15) is 0 Å². The van der Waals surface area contributed by atoms with Crippen LogP contribution in [0.4, 0.5) is 0 Å². The molecule has 4 aromatic rings. The summed E-state index contributed by atoms with van der Waals surface area (Å²) in [5.41, 5.74) is 4.42. The predicted octanol–water partition coefficient (Wildman–Crippen LogP) is 8.02. The molecule has 6 rings (SSSR count). The van der Waals surface area contributed by atoms with E-state index >= 15 is 0 Å². The van der Waals surface area contributed by atoms with Crippen LogP contribution in [0.25, 0.3) is 0 Å². The molecule has 2 N–H and O–H groups in total. The summed E-state index contributed by atoms with van der Waals surface area (Å²) < 4.78 is 10.8. The number of hydrogen-bond donors (Lipinski definition) is 2. The minimum atomic E-state index is -0.642. The Morgan fingerprint density at radius 1 is 0.540 bits per heavy atom. The first-order chi connectivity index (χ1) is 24.4. The van der Waals surface area contributed by atoms with Gasteiger partial charge < -0.3 is 19.7 Å². The average Bonchev–Trinajstić information content (AvgIpc) is 3.17. The Morgan fingerprint density at radius 3 is 1.14 bits per heavy atom. The highest BCUT2D eigenvalue weighted by molar-refractivity contribution is 5.19. The van der Waals surface area contributed by atoms with Crippen LogP contribution >= 0.6 is 0 Å². The number of ether oxygens (including phenoxy) is 2. The number of hydrogen-bond acceptors (Lipinski definition) is 6. The standard InChI is InChI=1S/2C22H29NO2/c1-25-18-22(24)14-12-21(13-15-22)23(16-19-8-4-2-5-9-19)17-20-10-6-3-7-11-20;1-25-22(18-24)14-12-21(13-15-22)23(16-19-8-4-2-5-9-19)17-20-10-6-3-7-11-20/h2*2-11,21,24H,12-18H2,1H3. The molecule has 0 radical (unpaired) electrons. The molecule has 0 aliphatic heterocycles. The van der Waals surface area contributed by atoms with E-state index in [1.165, 1.54) is 22.3 Å². The summed E-state index contributed by atoms with van der Waals surface area (Å²) in [5.74, 6) is 0. The van der Waals surface area contributed by atoms with Crippen molar-refractivity contribution in [3.05, 3.63) is 144 Å². The lowest BCUT2D eigenvalue weighted by molar-refractivity contribution is -0.0887. The van der Waals surface area contributed by atoms with Gasteiger partial charge in [-0.05, 0) is 73.6 Å². The van der Waals surface area contributed by atoms with Crippen molar-refractivity contribution in [2.24, 2.45) is 0 Å². The SMILES string of the molecule is COC1(CO)CCC(N(Cc2ccccc2)Cc2ccccc2)CC1.COCC1(O)CCC(N(Cc2ccccc2)Cc2ccccc2)CC1. The van der Waals surface area contributed by atoms with Gasteiger partial charge in [0, 0.05) is 52.5 Å². The maximum atomic E-state index is 10.6. The zero-order valence-corrected chi connectivity index (χ0v) is 30.2. The summed E-state index contributed by atoms with van der Waals surface area (Å²) in [4.78, 5) is 5.15. The Morgan fingerprint density at radius 2 is 0.860 bits per heavy atom.